The molecule has 6 nitrogen and oxygen atoms in total. The number of anilines is 1. The summed E-state index contributed by atoms with van der Waals surface area (Å²) in [4.78, 5) is 11.9. The lowest BCUT2D eigenvalue weighted by atomic mass is 10.3. The summed E-state index contributed by atoms with van der Waals surface area (Å²) in [5.41, 5.74) is 0.137. The number of hydrogen-bond acceptors (Lipinski definition) is 3. The molecule has 0 aromatic carbocycles. The Morgan fingerprint density at radius 2 is 2.05 bits per heavy atom. The number of nitrogens with one attached hydrogen (secondary N) is 2. The molecule has 0 bridgehead atoms. The molecule has 2 N–H and O–H groups in total. The number of amides is 1. The maximum atomic E-state index is 12.8. The molecule has 0 aliphatic heterocycles. The first-order chi connectivity index (χ1) is 9.68. The standard InChI is InChI=1S/C12H14F3N5O/c1-6-4-7(2)20(19-6)5-9(21)16-10-8(3)17-18-11(10)12(13,14)15/h4H,5H2,1-3H3,(H,16,21)(H,17,18). The molecule has 2 aromatic rings. The van der Waals surface area contributed by atoms with E-state index in [9.17, 15) is 18.0 Å². The summed E-state index contributed by atoms with van der Waals surface area (Å²) < 4.78 is 39.7. The highest BCUT2D eigenvalue weighted by Gasteiger charge is 2.38. The molecule has 0 unspecified atom stereocenters. The van der Waals surface area contributed by atoms with E-state index in [1.54, 1.807) is 19.9 Å². The number of carbonyl (C=O) groups excluding carboxylic acids is 1. The fourth-order valence-electron chi connectivity index (χ4n) is 1.94. The molecule has 2 rings (SSSR count). The Kier molecular flexibility index (Phi) is 3.75. The number of carbonyl (C=O) groups is 1. The molecule has 0 atom stereocenters. The van der Waals surface area contributed by atoms with Crippen molar-refractivity contribution in [1.29, 1.82) is 0 Å². The van der Waals surface area contributed by atoms with E-state index >= 15 is 0 Å². The van der Waals surface area contributed by atoms with Crippen molar-refractivity contribution in [1.82, 2.24) is 20.0 Å². The van der Waals surface area contributed by atoms with E-state index in [2.05, 4.69) is 20.6 Å². The largest absolute Gasteiger partial charge is 0.437 e. The molecule has 21 heavy (non-hydrogen) atoms. The lowest BCUT2D eigenvalue weighted by molar-refractivity contribution is -0.140. The van der Waals surface area contributed by atoms with E-state index in [0.29, 0.717) is 0 Å². The van der Waals surface area contributed by atoms with Gasteiger partial charge in [0.05, 0.1) is 17.1 Å². The van der Waals surface area contributed by atoms with Crippen molar-refractivity contribution in [3.63, 3.8) is 0 Å². The lowest BCUT2D eigenvalue weighted by Gasteiger charge is -2.09. The Hall–Kier alpha value is -2.32. The lowest BCUT2D eigenvalue weighted by Crippen LogP contribution is -2.22. The number of hydrogen-bond donors (Lipinski definition) is 2. The van der Waals surface area contributed by atoms with Gasteiger partial charge >= 0.3 is 6.18 Å². The minimum absolute atomic E-state index is 0.143. The quantitative estimate of drug-likeness (QED) is 0.912. The fraction of sp³-hybridized carbons (Fsp3) is 0.417. The fourth-order valence-corrected chi connectivity index (χ4v) is 1.94. The van der Waals surface area contributed by atoms with E-state index < -0.39 is 17.8 Å². The van der Waals surface area contributed by atoms with E-state index in [-0.39, 0.29) is 17.9 Å². The van der Waals surface area contributed by atoms with E-state index in [4.69, 9.17) is 0 Å². The molecule has 2 heterocycles. The summed E-state index contributed by atoms with van der Waals surface area (Å²) >= 11 is 0. The second-order valence-electron chi connectivity index (χ2n) is 4.70. The summed E-state index contributed by atoms with van der Waals surface area (Å²) in [6.45, 7) is 4.77. The zero-order valence-electron chi connectivity index (χ0n) is 11.7. The summed E-state index contributed by atoms with van der Waals surface area (Å²) in [5.74, 6) is -0.601. The van der Waals surface area contributed by atoms with Crippen LogP contribution in [0.3, 0.4) is 0 Å². The average molecular weight is 301 g/mol. The number of H-pyrrole nitrogens is 1. The minimum atomic E-state index is -4.63. The zero-order valence-corrected chi connectivity index (χ0v) is 11.7. The molecule has 0 saturated carbocycles. The third-order valence-corrected chi connectivity index (χ3v) is 2.88. The molecule has 1 amide bonds. The molecule has 9 heteroatoms. The number of aromatic nitrogens is 4. The van der Waals surface area contributed by atoms with Gasteiger partial charge in [-0.2, -0.15) is 23.4 Å². The molecular weight excluding hydrogens is 287 g/mol. The summed E-state index contributed by atoms with van der Waals surface area (Å²) in [6, 6.07) is 1.78. The summed E-state index contributed by atoms with van der Waals surface area (Å²) in [6.07, 6.45) is -4.63. The van der Waals surface area contributed by atoms with Crippen LogP contribution in [0.15, 0.2) is 6.07 Å². The van der Waals surface area contributed by atoms with Crippen molar-refractivity contribution in [2.45, 2.75) is 33.5 Å². The second kappa shape index (κ2) is 5.23. The SMILES string of the molecule is Cc1cc(C)n(CC(=O)Nc2c(C(F)(F)F)n[nH]c2C)n1. The molecule has 0 radical (unpaired) electrons. The first-order valence-electron chi connectivity index (χ1n) is 6.11. The van der Waals surface area contributed by atoms with Crippen LogP contribution in [-0.2, 0) is 17.5 Å². The van der Waals surface area contributed by atoms with Gasteiger partial charge in [0, 0.05) is 5.69 Å². The number of nitrogens with zero attached hydrogens (tertiary/aromatic N) is 3. The average Bonchev–Trinajstić information content (AvgIpc) is 2.83. The number of halogens is 3. The Morgan fingerprint density at radius 3 is 2.57 bits per heavy atom. The highest BCUT2D eigenvalue weighted by molar-refractivity contribution is 5.91. The van der Waals surface area contributed by atoms with Gasteiger partial charge in [-0.05, 0) is 26.8 Å². The van der Waals surface area contributed by atoms with E-state index in [1.165, 1.54) is 11.6 Å². The third kappa shape index (κ3) is 3.23. The van der Waals surface area contributed by atoms with Gasteiger partial charge < -0.3 is 5.32 Å². The van der Waals surface area contributed by atoms with Gasteiger partial charge in [-0.25, -0.2) is 0 Å². The predicted molar refractivity (Wildman–Crippen MR) is 68.7 cm³/mol. The van der Waals surface area contributed by atoms with Crippen LogP contribution in [0.2, 0.25) is 0 Å². The molecule has 2 aromatic heterocycles. The monoisotopic (exact) mass is 301 g/mol. The highest BCUT2D eigenvalue weighted by atomic mass is 19.4. The van der Waals surface area contributed by atoms with Gasteiger partial charge in [-0.15, -0.1) is 0 Å². The maximum Gasteiger partial charge on any atom is 0.437 e. The van der Waals surface area contributed by atoms with E-state index in [0.717, 1.165) is 11.4 Å². The first kappa shape index (κ1) is 15.1. The Bertz CT molecular complexity index is 671. The molecule has 114 valence electrons. The molecule has 0 saturated heterocycles. The van der Waals surface area contributed by atoms with Crippen LogP contribution in [0.25, 0.3) is 0 Å². The second-order valence-corrected chi connectivity index (χ2v) is 4.70. The van der Waals surface area contributed by atoms with Crippen LogP contribution in [0.4, 0.5) is 18.9 Å². The van der Waals surface area contributed by atoms with Crippen molar-refractivity contribution < 1.29 is 18.0 Å². The normalized spacial score (nSPS) is 11.7. The van der Waals surface area contributed by atoms with Gasteiger partial charge in [0.2, 0.25) is 5.91 Å². The smallest absolute Gasteiger partial charge is 0.321 e. The summed E-state index contributed by atoms with van der Waals surface area (Å²) in [7, 11) is 0. The zero-order chi connectivity index (χ0) is 15.8. The van der Waals surface area contributed by atoms with Gasteiger partial charge in [-0.3, -0.25) is 14.6 Å². The highest BCUT2D eigenvalue weighted by Crippen LogP contribution is 2.34. The number of aryl methyl sites for hydroxylation is 3. The van der Waals surface area contributed by atoms with Gasteiger partial charge in [-0.1, -0.05) is 0 Å². The number of aromatic amines is 1. The van der Waals surface area contributed by atoms with Gasteiger partial charge in [0.15, 0.2) is 5.69 Å². The van der Waals surface area contributed by atoms with Crippen LogP contribution in [0.1, 0.15) is 22.8 Å². The predicted octanol–water partition coefficient (Wildman–Crippen LogP) is 2.19. The van der Waals surface area contributed by atoms with E-state index in [1.807, 2.05) is 0 Å². The molecule has 0 fully saturated rings. The molecule has 0 spiro atoms. The topological polar surface area (TPSA) is 75.6 Å². The van der Waals surface area contributed by atoms with Crippen molar-refractivity contribution in [3.05, 3.63) is 28.8 Å². The minimum Gasteiger partial charge on any atom is -0.321 e. The molecule has 0 aliphatic carbocycles. The van der Waals surface area contributed by atoms with Crippen molar-refractivity contribution in [2.24, 2.45) is 0 Å². The van der Waals surface area contributed by atoms with Crippen molar-refractivity contribution in [2.75, 3.05) is 5.32 Å². The first-order valence-corrected chi connectivity index (χ1v) is 6.11. The van der Waals surface area contributed by atoms with Crippen LogP contribution < -0.4 is 5.32 Å². The van der Waals surface area contributed by atoms with Crippen molar-refractivity contribution >= 4 is 11.6 Å². The summed E-state index contributed by atoms with van der Waals surface area (Å²) in [5, 5.41) is 11.7. The molecular formula is C12H14F3N5O. The Labute approximate surface area is 118 Å². The van der Waals surface area contributed by atoms with Crippen molar-refractivity contribution in [3.8, 4) is 0 Å². The Balaban J connectivity index is 2.17. The van der Waals surface area contributed by atoms with Crippen LogP contribution in [0, 0.1) is 20.8 Å². The maximum absolute atomic E-state index is 12.8. The van der Waals surface area contributed by atoms with Gasteiger partial charge in [0.1, 0.15) is 6.54 Å². The Morgan fingerprint density at radius 1 is 1.38 bits per heavy atom. The van der Waals surface area contributed by atoms with Gasteiger partial charge in [0.25, 0.3) is 0 Å². The molecule has 0 aliphatic rings. The number of rotatable bonds is 3. The third-order valence-electron chi connectivity index (χ3n) is 2.88. The van der Waals surface area contributed by atoms with Crippen LogP contribution in [-0.4, -0.2) is 25.9 Å². The van der Waals surface area contributed by atoms with Crippen LogP contribution in [0.5, 0.6) is 0 Å². The van der Waals surface area contributed by atoms with Crippen LogP contribution >= 0.6 is 0 Å². The number of alkyl halides is 3.